The van der Waals surface area contributed by atoms with Gasteiger partial charge in [-0.1, -0.05) is 65.3 Å². The fourth-order valence-corrected chi connectivity index (χ4v) is 3.45. The average molecular weight is 395 g/mol. The number of halogens is 2. The number of benzene rings is 2. The van der Waals surface area contributed by atoms with Gasteiger partial charge in [-0.25, -0.2) is 4.98 Å². The zero-order valence-corrected chi connectivity index (χ0v) is 15.8. The van der Waals surface area contributed by atoms with Crippen LogP contribution in [-0.4, -0.2) is 23.2 Å². The van der Waals surface area contributed by atoms with Crippen LogP contribution < -0.4 is 5.32 Å². The number of oxazole rings is 1. The maximum absolute atomic E-state index is 11.9. The predicted molar refractivity (Wildman–Crippen MR) is 103 cm³/mol. The third-order valence-electron chi connectivity index (χ3n) is 3.69. The number of thioether (sulfide) groups is 1. The maximum atomic E-state index is 11.9. The standard InChI is InChI=1S/C18H16Cl2N2O2S/c1-11-13(19)9-14-17(16(11)20)24-18(22-14)25-10-15(23)21-8-7-12-5-3-2-4-6-12/h2-6,9H,7-8,10H2,1H3,(H,21,23). The largest absolute Gasteiger partial charge is 0.430 e. The minimum absolute atomic E-state index is 0.0662. The second kappa shape index (κ2) is 8.13. The van der Waals surface area contributed by atoms with Crippen molar-refractivity contribution in [3.05, 3.63) is 57.6 Å². The highest BCUT2D eigenvalue weighted by molar-refractivity contribution is 7.99. The van der Waals surface area contributed by atoms with E-state index >= 15 is 0 Å². The quantitative estimate of drug-likeness (QED) is 0.604. The smallest absolute Gasteiger partial charge is 0.257 e. The van der Waals surface area contributed by atoms with E-state index in [9.17, 15) is 4.79 Å². The molecule has 7 heteroatoms. The highest BCUT2D eigenvalue weighted by Gasteiger charge is 2.15. The lowest BCUT2D eigenvalue weighted by Gasteiger charge is -2.04. The van der Waals surface area contributed by atoms with Gasteiger partial charge in [0.25, 0.3) is 5.22 Å². The van der Waals surface area contributed by atoms with Gasteiger partial charge in [0, 0.05) is 11.6 Å². The maximum Gasteiger partial charge on any atom is 0.257 e. The van der Waals surface area contributed by atoms with E-state index in [4.69, 9.17) is 27.6 Å². The average Bonchev–Trinajstić information content (AvgIpc) is 3.02. The molecule has 1 amide bonds. The van der Waals surface area contributed by atoms with E-state index in [-0.39, 0.29) is 11.7 Å². The second-order valence-electron chi connectivity index (χ2n) is 5.50. The Hall–Kier alpha value is -1.69. The fourth-order valence-electron chi connectivity index (χ4n) is 2.30. The van der Waals surface area contributed by atoms with Crippen LogP contribution in [-0.2, 0) is 11.2 Å². The highest BCUT2D eigenvalue weighted by Crippen LogP contribution is 2.34. The first kappa shape index (κ1) is 18.1. The summed E-state index contributed by atoms with van der Waals surface area (Å²) in [5.74, 6) is 0.162. The molecule has 0 spiro atoms. The van der Waals surface area contributed by atoms with Gasteiger partial charge < -0.3 is 9.73 Å². The molecule has 0 saturated heterocycles. The van der Waals surface area contributed by atoms with Crippen molar-refractivity contribution in [2.24, 2.45) is 0 Å². The minimum Gasteiger partial charge on any atom is -0.430 e. The molecule has 25 heavy (non-hydrogen) atoms. The number of nitrogens with zero attached hydrogens (tertiary/aromatic N) is 1. The molecule has 1 N–H and O–H groups in total. The first-order chi connectivity index (χ1) is 12.0. The molecule has 4 nitrogen and oxygen atoms in total. The van der Waals surface area contributed by atoms with E-state index in [0.29, 0.717) is 32.9 Å². The van der Waals surface area contributed by atoms with Crippen molar-refractivity contribution >= 4 is 52.0 Å². The number of hydrogen-bond acceptors (Lipinski definition) is 4. The second-order valence-corrected chi connectivity index (χ2v) is 7.21. The lowest BCUT2D eigenvalue weighted by molar-refractivity contribution is -0.118. The third-order valence-corrected chi connectivity index (χ3v) is 5.37. The molecule has 3 aromatic rings. The monoisotopic (exact) mass is 394 g/mol. The van der Waals surface area contributed by atoms with Gasteiger partial charge in [-0.05, 0) is 30.5 Å². The molecule has 0 fully saturated rings. The summed E-state index contributed by atoms with van der Waals surface area (Å²) in [7, 11) is 0. The van der Waals surface area contributed by atoms with Crippen LogP contribution in [0.25, 0.3) is 11.1 Å². The molecule has 1 heterocycles. The van der Waals surface area contributed by atoms with Crippen molar-refractivity contribution in [3.8, 4) is 0 Å². The first-order valence-corrected chi connectivity index (χ1v) is 9.47. The van der Waals surface area contributed by atoms with E-state index in [0.717, 1.165) is 12.0 Å². The number of amides is 1. The highest BCUT2D eigenvalue weighted by atomic mass is 35.5. The zero-order valence-electron chi connectivity index (χ0n) is 13.5. The van der Waals surface area contributed by atoms with Gasteiger partial charge in [0.15, 0.2) is 5.58 Å². The molecule has 0 saturated carbocycles. The van der Waals surface area contributed by atoms with Crippen LogP contribution in [0.5, 0.6) is 0 Å². The first-order valence-electron chi connectivity index (χ1n) is 7.73. The number of hydrogen-bond donors (Lipinski definition) is 1. The molecule has 0 unspecified atom stereocenters. The number of aromatic nitrogens is 1. The van der Waals surface area contributed by atoms with Gasteiger partial charge in [0.1, 0.15) is 5.52 Å². The van der Waals surface area contributed by atoms with E-state index in [1.807, 2.05) is 37.3 Å². The summed E-state index contributed by atoms with van der Waals surface area (Å²) in [6.45, 7) is 2.41. The number of carbonyl (C=O) groups excluding carboxylic acids is 1. The lowest BCUT2D eigenvalue weighted by atomic mass is 10.1. The third kappa shape index (κ3) is 4.48. The molecule has 3 rings (SSSR count). The predicted octanol–water partition coefficient (Wildman–Crippen LogP) is 4.89. The van der Waals surface area contributed by atoms with Crippen LogP contribution in [0, 0.1) is 6.92 Å². The van der Waals surface area contributed by atoms with Crippen LogP contribution in [0.15, 0.2) is 46.0 Å². The molecule has 1 aromatic heterocycles. The van der Waals surface area contributed by atoms with Crippen molar-refractivity contribution in [1.82, 2.24) is 10.3 Å². The van der Waals surface area contributed by atoms with Crippen molar-refractivity contribution < 1.29 is 9.21 Å². The molecular weight excluding hydrogens is 379 g/mol. The number of fused-ring (bicyclic) bond motifs is 1. The Bertz CT molecular complexity index is 897. The Labute approximate surface area is 159 Å². The van der Waals surface area contributed by atoms with Gasteiger partial charge in [0.05, 0.1) is 10.8 Å². The molecule has 130 valence electrons. The summed E-state index contributed by atoms with van der Waals surface area (Å²) in [5, 5.41) is 4.28. The summed E-state index contributed by atoms with van der Waals surface area (Å²) in [4.78, 5) is 16.3. The molecule has 0 radical (unpaired) electrons. The number of carbonyl (C=O) groups is 1. The Balaban J connectivity index is 1.53. The van der Waals surface area contributed by atoms with Gasteiger partial charge >= 0.3 is 0 Å². The summed E-state index contributed by atoms with van der Waals surface area (Å²) < 4.78 is 5.64. The van der Waals surface area contributed by atoms with Crippen molar-refractivity contribution in [2.45, 2.75) is 18.6 Å². The van der Waals surface area contributed by atoms with Crippen LogP contribution in [0.3, 0.4) is 0 Å². The van der Waals surface area contributed by atoms with Crippen LogP contribution >= 0.6 is 35.0 Å². The molecule has 0 aliphatic rings. The Kier molecular flexibility index (Phi) is 5.89. The fraction of sp³-hybridized carbons (Fsp3) is 0.222. The number of rotatable bonds is 6. The van der Waals surface area contributed by atoms with Gasteiger partial charge in [0.2, 0.25) is 5.91 Å². The Morgan fingerprint density at radius 3 is 2.80 bits per heavy atom. The van der Waals surface area contributed by atoms with Gasteiger partial charge in [-0.15, -0.1) is 0 Å². The van der Waals surface area contributed by atoms with E-state index in [2.05, 4.69) is 10.3 Å². The van der Waals surface area contributed by atoms with Gasteiger partial charge in [-0.3, -0.25) is 4.79 Å². The van der Waals surface area contributed by atoms with Crippen molar-refractivity contribution in [3.63, 3.8) is 0 Å². The van der Waals surface area contributed by atoms with E-state index in [1.54, 1.807) is 6.07 Å². The van der Waals surface area contributed by atoms with Crippen LogP contribution in [0.1, 0.15) is 11.1 Å². The van der Waals surface area contributed by atoms with Gasteiger partial charge in [-0.2, -0.15) is 0 Å². The van der Waals surface area contributed by atoms with E-state index in [1.165, 1.54) is 17.3 Å². The Morgan fingerprint density at radius 1 is 1.28 bits per heavy atom. The Morgan fingerprint density at radius 2 is 2.04 bits per heavy atom. The van der Waals surface area contributed by atoms with Crippen molar-refractivity contribution in [1.29, 1.82) is 0 Å². The molecule has 0 aliphatic heterocycles. The molecule has 0 aliphatic carbocycles. The summed E-state index contributed by atoms with van der Waals surface area (Å²) in [5.41, 5.74) is 3.03. The molecule has 0 bridgehead atoms. The molecular formula is C18H16Cl2N2O2S. The zero-order chi connectivity index (χ0) is 17.8. The molecule has 2 aromatic carbocycles. The van der Waals surface area contributed by atoms with Crippen molar-refractivity contribution in [2.75, 3.05) is 12.3 Å². The normalized spacial score (nSPS) is 11.0. The number of nitrogens with one attached hydrogen (secondary N) is 1. The summed E-state index contributed by atoms with van der Waals surface area (Å²) in [6.07, 6.45) is 0.799. The summed E-state index contributed by atoms with van der Waals surface area (Å²) >= 11 is 13.6. The van der Waals surface area contributed by atoms with Crippen LogP contribution in [0.2, 0.25) is 10.0 Å². The molecule has 0 atom stereocenters. The topological polar surface area (TPSA) is 55.1 Å². The lowest BCUT2D eigenvalue weighted by Crippen LogP contribution is -2.27. The SMILES string of the molecule is Cc1c(Cl)cc2nc(SCC(=O)NCCc3ccccc3)oc2c1Cl. The van der Waals surface area contributed by atoms with Crippen LogP contribution in [0.4, 0.5) is 0 Å². The minimum atomic E-state index is -0.0662. The van der Waals surface area contributed by atoms with E-state index < -0.39 is 0 Å². The summed E-state index contributed by atoms with van der Waals surface area (Å²) in [6, 6.07) is 11.7.